The van der Waals surface area contributed by atoms with Crippen molar-refractivity contribution in [2.24, 2.45) is 0 Å². The minimum atomic E-state index is 0. The highest BCUT2D eigenvalue weighted by molar-refractivity contribution is 5.83. The number of nitrogens with zero attached hydrogens (tertiary/aromatic N) is 1. The first-order valence-electron chi connectivity index (χ1n) is 7.65. The Morgan fingerprint density at radius 2 is 1.86 bits per heavy atom. The number of rotatable bonds is 8. The van der Waals surface area contributed by atoms with Gasteiger partial charge in [0, 0.05) is 24.4 Å². The SMILES string of the molecule is C.CCCCCCCC(=O)Cc1cnc2ccccc2c1. The highest BCUT2D eigenvalue weighted by Gasteiger charge is 2.05. The number of hydrogen-bond donors (Lipinski definition) is 0. The molecule has 1 heterocycles. The van der Waals surface area contributed by atoms with E-state index in [2.05, 4.69) is 18.0 Å². The number of benzene rings is 1. The molecule has 2 heteroatoms. The van der Waals surface area contributed by atoms with Crippen LogP contribution >= 0.6 is 0 Å². The molecule has 0 spiro atoms. The number of carbonyl (C=O) groups excluding carboxylic acids is 1. The molecular formula is C19H27NO. The molecule has 2 nitrogen and oxygen atoms in total. The van der Waals surface area contributed by atoms with E-state index >= 15 is 0 Å². The van der Waals surface area contributed by atoms with Gasteiger partial charge in [0.1, 0.15) is 5.78 Å². The van der Waals surface area contributed by atoms with Gasteiger partial charge in [-0.05, 0) is 24.1 Å². The number of ketones is 1. The Balaban J connectivity index is 0.00000220. The molecule has 114 valence electrons. The predicted molar refractivity (Wildman–Crippen MR) is 90.6 cm³/mol. The molecule has 0 aliphatic heterocycles. The molecule has 2 aromatic rings. The van der Waals surface area contributed by atoms with Crippen LogP contribution in [0.5, 0.6) is 0 Å². The Bertz CT molecular complexity index is 562. The Morgan fingerprint density at radius 3 is 2.67 bits per heavy atom. The van der Waals surface area contributed by atoms with Crippen molar-refractivity contribution in [3.05, 3.63) is 42.1 Å². The highest BCUT2D eigenvalue weighted by atomic mass is 16.1. The van der Waals surface area contributed by atoms with Crippen molar-refractivity contribution < 1.29 is 4.79 Å². The predicted octanol–water partition coefficient (Wildman–Crippen LogP) is 5.34. The lowest BCUT2D eigenvalue weighted by atomic mass is 10.0. The van der Waals surface area contributed by atoms with Gasteiger partial charge < -0.3 is 0 Å². The van der Waals surface area contributed by atoms with Crippen LogP contribution in [0.4, 0.5) is 0 Å². The van der Waals surface area contributed by atoms with Crippen LogP contribution in [0, 0.1) is 0 Å². The van der Waals surface area contributed by atoms with Gasteiger partial charge in [-0.3, -0.25) is 9.78 Å². The van der Waals surface area contributed by atoms with Crippen LogP contribution in [0.15, 0.2) is 36.5 Å². The van der Waals surface area contributed by atoms with Crippen LogP contribution in [0.3, 0.4) is 0 Å². The van der Waals surface area contributed by atoms with Crippen LogP contribution in [-0.2, 0) is 11.2 Å². The van der Waals surface area contributed by atoms with E-state index < -0.39 is 0 Å². The van der Waals surface area contributed by atoms with E-state index in [0.717, 1.165) is 22.9 Å². The summed E-state index contributed by atoms with van der Waals surface area (Å²) >= 11 is 0. The number of para-hydroxylation sites is 1. The average Bonchev–Trinajstić information content (AvgIpc) is 2.47. The maximum Gasteiger partial charge on any atom is 0.137 e. The maximum atomic E-state index is 12.0. The summed E-state index contributed by atoms with van der Waals surface area (Å²) in [4.78, 5) is 16.4. The third kappa shape index (κ3) is 5.66. The minimum Gasteiger partial charge on any atom is -0.299 e. The molecule has 0 saturated heterocycles. The lowest BCUT2D eigenvalue weighted by molar-refractivity contribution is -0.118. The standard InChI is InChI=1S/C18H23NO.CH4/c1-2-3-4-5-6-10-17(20)13-15-12-16-9-7-8-11-18(16)19-14-15;/h7-9,11-12,14H,2-6,10,13H2,1H3;1H4. The van der Waals surface area contributed by atoms with Gasteiger partial charge in [-0.2, -0.15) is 0 Å². The molecule has 2 rings (SSSR count). The van der Waals surface area contributed by atoms with Crippen molar-refractivity contribution in [2.75, 3.05) is 0 Å². The molecule has 0 amide bonds. The van der Waals surface area contributed by atoms with Crippen LogP contribution in [-0.4, -0.2) is 10.8 Å². The molecular weight excluding hydrogens is 258 g/mol. The molecule has 0 N–H and O–H groups in total. The zero-order chi connectivity index (χ0) is 14.2. The number of carbonyl (C=O) groups is 1. The zero-order valence-electron chi connectivity index (χ0n) is 12.3. The highest BCUT2D eigenvalue weighted by Crippen LogP contribution is 2.14. The first-order chi connectivity index (χ1) is 9.79. The lowest BCUT2D eigenvalue weighted by Crippen LogP contribution is -2.03. The first kappa shape index (κ1) is 17.4. The summed E-state index contributed by atoms with van der Waals surface area (Å²) < 4.78 is 0. The number of fused-ring (bicyclic) bond motifs is 1. The molecule has 0 saturated carbocycles. The molecule has 0 bridgehead atoms. The molecule has 0 aliphatic rings. The summed E-state index contributed by atoms with van der Waals surface area (Å²) in [5.41, 5.74) is 2.02. The van der Waals surface area contributed by atoms with E-state index in [1.54, 1.807) is 0 Å². The zero-order valence-corrected chi connectivity index (χ0v) is 12.3. The summed E-state index contributed by atoms with van der Waals surface area (Å²) in [5, 5.41) is 1.11. The van der Waals surface area contributed by atoms with E-state index in [9.17, 15) is 4.79 Å². The first-order valence-corrected chi connectivity index (χ1v) is 7.65. The fourth-order valence-corrected chi connectivity index (χ4v) is 2.46. The molecule has 21 heavy (non-hydrogen) atoms. The average molecular weight is 285 g/mol. The van der Waals surface area contributed by atoms with Crippen molar-refractivity contribution >= 4 is 16.7 Å². The van der Waals surface area contributed by atoms with Gasteiger partial charge in [-0.25, -0.2) is 0 Å². The molecule has 1 aromatic carbocycles. The van der Waals surface area contributed by atoms with E-state index in [1.165, 1.54) is 25.7 Å². The van der Waals surface area contributed by atoms with Crippen molar-refractivity contribution in [1.82, 2.24) is 4.98 Å². The van der Waals surface area contributed by atoms with E-state index in [0.29, 0.717) is 18.6 Å². The van der Waals surface area contributed by atoms with E-state index in [4.69, 9.17) is 0 Å². The van der Waals surface area contributed by atoms with Crippen molar-refractivity contribution in [3.63, 3.8) is 0 Å². The molecule has 0 radical (unpaired) electrons. The minimum absolute atomic E-state index is 0. The summed E-state index contributed by atoms with van der Waals surface area (Å²) in [7, 11) is 0. The molecule has 0 aliphatic carbocycles. The molecule has 1 aromatic heterocycles. The van der Waals surface area contributed by atoms with Crippen LogP contribution in [0.25, 0.3) is 10.9 Å². The third-order valence-electron chi connectivity index (χ3n) is 3.61. The van der Waals surface area contributed by atoms with Crippen LogP contribution in [0.1, 0.15) is 58.4 Å². The fraction of sp³-hybridized carbons (Fsp3) is 0.474. The monoisotopic (exact) mass is 285 g/mol. The van der Waals surface area contributed by atoms with Crippen LogP contribution in [0.2, 0.25) is 0 Å². The Hall–Kier alpha value is -1.70. The van der Waals surface area contributed by atoms with Crippen molar-refractivity contribution in [1.29, 1.82) is 0 Å². The number of aromatic nitrogens is 1. The van der Waals surface area contributed by atoms with Gasteiger partial charge in [0.25, 0.3) is 0 Å². The maximum absolute atomic E-state index is 12.0. The van der Waals surface area contributed by atoms with Gasteiger partial charge in [-0.15, -0.1) is 0 Å². The van der Waals surface area contributed by atoms with Crippen molar-refractivity contribution in [3.8, 4) is 0 Å². The molecule has 0 atom stereocenters. The number of hydrogen-bond acceptors (Lipinski definition) is 2. The summed E-state index contributed by atoms with van der Waals surface area (Å²) in [5.74, 6) is 0.332. The lowest BCUT2D eigenvalue weighted by Gasteiger charge is -2.03. The Morgan fingerprint density at radius 1 is 1.10 bits per heavy atom. The van der Waals surface area contributed by atoms with Gasteiger partial charge >= 0.3 is 0 Å². The number of pyridine rings is 1. The summed E-state index contributed by atoms with van der Waals surface area (Å²) in [6.07, 6.45) is 9.04. The van der Waals surface area contributed by atoms with Gasteiger partial charge in [0.15, 0.2) is 0 Å². The molecule has 0 fully saturated rings. The fourth-order valence-electron chi connectivity index (χ4n) is 2.46. The van der Waals surface area contributed by atoms with Gasteiger partial charge in [0.2, 0.25) is 0 Å². The third-order valence-corrected chi connectivity index (χ3v) is 3.61. The van der Waals surface area contributed by atoms with E-state index in [1.807, 2.05) is 30.5 Å². The number of unbranched alkanes of at least 4 members (excludes halogenated alkanes) is 4. The summed E-state index contributed by atoms with van der Waals surface area (Å²) in [6, 6.07) is 10.1. The van der Waals surface area contributed by atoms with Gasteiger partial charge in [-0.1, -0.05) is 58.2 Å². The largest absolute Gasteiger partial charge is 0.299 e. The summed E-state index contributed by atoms with van der Waals surface area (Å²) in [6.45, 7) is 2.21. The second-order valence-corrected chi connectivity index (χ2v) is 5.42. The quantitative estimate of drug-likeness (QED) is 0.612. The van der Waals surface area contributed by atoms with Crippen molar-refractivity contribution in [2.45, 2.75) is 59.3 Å². The molecule has 0 unspecified atom stereocenters. The number of Topliss-reactive ketones (excluding diaryl/α,β-unsaturated/α-hetero) is 1. The topological polar surface area (TPSA) is 30.0 Å². The smallest absolute Gasteiger partial charge is 0.137 e. The second kappa shape index (κ2) is 9.28. The Kier molecular flexibility index (Phi) is 7.66. The second-order valence-electron chi connectivity index (χ2n) is 5.42. The Labute approximate surface area is 128 Å². The van der Waals surface area contributed by atoms with E-state index in [-0.39, 0.29) is 7.43 Å². The normalized spacial score (nSPS) is 10.3. The van der Waals surface area contributed by atoms with Gasteiger partial charge in [0.05, 0.1) is 5.52 Å². The van der Waals surface area contributed by atoms with Crippen LogP contribution < -0.4 is 0 Å².